The predicted octanol–water partition coefficient (Wildman–Crippen LogP) is 5.05. The van der Waals surface area contributed by atoms with Gasteiger partial charge in [-0.15, -0.1) is 5.10 Å². The van der Waals surface area contributed by atoms with Crippen LogP contribution < -0.4 is 27.0 Å². The van der Waals surface area contributed by atoms with Crippen LogP contribution in [0.25, 0.3) is 5.65 Å². The zero-order chi connectivity index (χ0) is 24.0. The Morgan fingerprint density at radius 3 is 2.37 bits per heavy atom. The molecular weight excluding hydrogens is 440 g/mol. The first-order chi connectivity index (χ1) is 17.1. The van der Waals surface area contributed by atoms with E-state index in [1.807, 2.05) is 66.9 Å². The molecule has 4 aromatic rings. The monoisotopic (exact) mass is 470 g/mol. The van der Waals surface area contributed by atoms with Crippen LogP contribution in [0.4, 0.5) is 33.4 Å². The van der Waals surface area contributed by atoms with Crippen molar-refractivity contribution < 1.29 is 4.79 Å². The molecule has 180 valence electrons. The minimum absolute atomic E-state index is 0.291. The fourth-order valence-electron chi connectivity index (χ4n) is 4.34. The van der Waals surface area contributed by atoms with Gasteiger partial charge in [0.15, 0.2) is 5.65 Å². The number of fused-ring (bicyclic) bond motifs is 1. The molecule has 6 N–H and O–H groups in total. The lowest BCUT2D eigenvalue weighted by Gasteiger charge is -2.26. The van der Waals surface area contributed by atoms with Crippen LogP contribution in [0.2, 0.25) is 0 Å². The lowest BCUT2D eigenvalue weighted by atomic mass is 9.86. The Morgan fingerprint density at radius 1 is 0.943 bits per heavy atom. The van der Waals surface area contributed by atoms with E-state index in [-0.39, 0.29) is 6.03 Å². The van der Waals surface area contributed by atoms with Crippen LogP contribution in [0.1, 0.15) is 25.7 Å². The van der Waals surface area contributed by atoms with Gasteiger partial charge in [-0.25, -0.2) is 14.3 Å². The molecule has 1 aliphatic carbocycles. The highest BCUT2D eigenvalue weighted by atomic mass is 16.2. The normalized spacial score (nSPS) is 17.6. The van der Waals surface area contributed by atoms with E-state index in [2.05, 4.69) is 31.3 Å². The number of aromatic nitrogens is 3. The molecule has 1 saturated carbocycles. The summed E-state index contributed by atoms with van der Waals surface area (Å²) in [5.74, 6) is 1.41. The second-order valence-corrected chi connectivity index (χ2v) is 8.95. The smallest absolute Gasteiger partial charge is 0.323 e. The second-order valence-electron chi connectivity index (χ2n) is 8.95. The fraction of sp³-hybridized carbons (Fsp3) is 0.269. The van der Waals surface area contributed by atoms with Gasteiger partial charge in [0.1, 0.15) is 5.82 Å². The molecule has 2 aromatic heterocycles. The maximum Gasteiger partial charge on any atom is 0.323 e. The number of hydrogen-bond acceptors (Lipinski definition) is 6. The van der Waals surface area contributed by atoms with Gasteiger partial charge in [0, 0.05) is 48.1 Å². The predicted molar refractivity (Wildman–Crippen MR) is 140 cm³/mol. The number of benzene rings is 2. The van der Waals surface area contributed by atoms with Crippen LogP contribution in [0.3, 0.4) is 0 Å². The number of nitrogens with two attached hydrogens (primary N) is 1. The molecule has 35 heavy (non-hydrogen) atoms. The molecule has 0 saturated heterocycles. The summed E-state index contributed by atoms with van der Waals surface area (Å²) in [7, 11) is 0. The van der Waals surface area contributed by atoms with Crippen molar-refractivity contribution >= 4 is 40.2 Å². The topological polar surface area (TPSA) is 121 Å². The standard InChI is InChI=1S/C26H30N8O/c27-19-8-6-18(7-9-19)17-29-24-16-23(25-28-14-15-34(25)33-24)30-21-10-12-22(13-11-21)32-26(35)31-20-4-2-1-3-5-20/h1-5,10-16,18-19,30H,6-9,17,27H2,(H,29,33)(H2,31,32,35). The molecule has 0 aliphatic heterocycles. The second kappa shape index (κ2) is 10.4. The van der Waals surface area contributed by atoms with E-state index in [9.17, 15) is 4.79 Å². The number of nitrogens with one attached hydrogen (secondary N) is 4. The van der Waals surface area contributed by atoms with Crippen molar-refractivity contribution in [1.29, 1.82) is 0 Å². The van der Waals surface area contributed by atoms with Crippen molar-refractivity contribution in [3.63, 3.8) is 0 Å². The molecule has 9 heteroatoms. The summed E-state index contributed by atoms with van der Waals surface area (Å²) in [6, 6.07) is 18.9. The van der Waals surface area contributed by atoms with Gasteiger partial charge in [-0.3, -0.25) is 0 Å². The van der Waals surface area contributed by atoms with Crippen molar-refractivity contribution in [3.8, 4) is 0 Å². The number of para-hydroxylation sites is 1. The largest absolute Gasteiger partial charge is 0.368 e. The number of nitrogens with zero attached hydrogens (tertiary/aromatic N) is 3. The third-order valence-electron chi connectivity index (χ3n) is 6.28. The molecule has 1 fully saturated rings. The zero-order valence-corrected chi connectivity index (χ0v) is 19.4. The number of rotatable bonds is 7. The molecule has 2 amide bonds. The van der Waals surface area contributed by atoms with Crippen molar-refractivity contribution in [2.45, 2.75) is 31.7 Å². The van der Waals surface area contributed by atoms with E-state index >= 15 is 0 Å². The SMILES string of the molecule is NC1CCC(CNc2cc(Nc3ccc(NC(=O)Nc4ccccc4)cc3)c3nccn3n2)CC1. The van der Waals surface area contributed by atoms with Gasteiger partial charge in [-0.2, -0.15) is 0 Å². The third kappa shape index (κ3) is 5.88. The van der Waals surface area contributed by atoms with Gasteiger partial charge in [0.25, 0.3) is 0 Å². The Hall–Kier alpha value is -4.11. The molecule has 0 atom stereocenters. The minimum Gasteiger partial charge on any atom is -0.368 e. The van der Waals surface area contributed by atoms with Crippen molar-refractivity contribution in [3.05, 3.63) is 73.1 Å². The van der Waals surface area contributed by atoms with E-state index < -0.39 is 0 Å². The minimum atomic E-state index is -0.291. The Bertz CT molecular complexity index is 1260. The van der Waals surface area contributed by atoms with Crippen molar-refractivity contribution in [2.75, 3.05) is 27.8 Å². The van der Waals surface area contributed by atoms with Crippen molar-refractivity contribution in [1.82, 2.24) is 14.6 Å². The molecule has 5 rings (SSSR count). The fourth-order valence-corrected chi connectivity index (χ4v) is 4.34. The van der Waals surface area contributed by atoms with Crippen LogP contribution >= 0.6 is 0 Å². The highest BCUT2D eigenvalue weighted by molar-refractivity contribution is 5.99. The Labute approximate surface area is 204 Å². The number of hydrogen-bond donors (Lipinski definition) is 5. The Balaban J connectivity index is 1.23. The third-order valence-corrected chi connectivity index (χ3v) is 6.28. The quantitative estimate of drug-likeness (QED) is 0.258. The maximum absolute atomic E-state index is 12.2. The van der Waals surface area contributed by atoms with E-state index in [1.165, 1.54) is 0 Å². The molecule has 2 heterocycles. The first kappa shape index (κ1) is 22.7. The molecule has 1 aliphatic rings. The highest BCUT2D eigenvalue weighted by Gasteiger charge is 2.18. The van der Waals surface area contributed by atoms with Crippen LogP contribution in [-0.2, 0) is 0 Å². The summed E-state index contributed by atoms with van der Waals surface area (Å²) in [6.45, 7) is 0.880. The van der Waals surface area contributed by atoms with E-state index in [4.69, 9.17) is 5.73 Å². The molecule has 9 nitrogen and oxygen atoms in total. The number of amides is 2. The summed E-state index contributed by atoms with van der Waals surface area (Å²) < 4.78 is 1.77. The zero-order valence-electron chi connectivity index (χ0n) is 19.4. The van der Waals surface area contributed by atoms with Gasteiger partial charge >= 0.3 is 6.03 Å². The van der Waals surface area contributed by atoms with Crippen LogP contribution in [0.15, 0.2) is 73.1 Å². The maximum atomic E-state index is 12.2. The van der Waals surface area contributed by atoms with Gasteiger partial charge in [-0.05, 0) is 68.0 Å². The van der Waals surface area contributed by atoms with E-state index in [1.54, 1.807) is 10.7 Å². The summed E-state index contributed by atoms with van der Waals surface area (Å²) in [6.07, 6.45) is 8.05. The highest BCUT2D eigenvalue weighted by Crippen LogP contribution is 2.26. The van der Waals surface area contributed by atoms with Crippen LogP contribution in [0.5, 0.6) is 0 Å². The Morgan fingerprint density at radius 2 is 1.63 bits per heavy atom. The molecule has 0 spiro atoms. The summed E-state index contributed by atoms with van der Waals surface area (Å²) in [5.41, 5.74) is 9.93. The molecule has 0 radical (unpaired) electrons. The van der Waals surface area contributed by atoms with E-state index in [0.29, 0.717) is 17.6 Å². The van der Waals surface area contributed by atoms with Crippen LogP contribution in [-0.4, -0.2) is 33.2 Å². The van der Waals surface area contributed by atoms with Gasteiger partial charge in [0.2, 0.25) is 0 Å². The average Bonchev–Trinajstić information content (AvgIpc) is 3.35. The molecule has 2 aromatic carbocycles. The van der Waals surface area contributed by atoms with Crippen molar-refractivity contribution in [2.24, 2.45) is 11.7 Å². The van der Waals surface area contributed by atoms with Gasteiger partial charge < -0.3 is 27.0 Å². The first-order valence-corrected chi connectivity index (χ1v) is 12.0. The number of anilines is 5. The number of imidazole rings is 1. The molecular formula is C26H30N8O. The lowest BCUT2D eigenvalue weighted by Crippen LogP contribution is -2.29. The number of carbonyl (C=O) groups is 1. The number of urea groups is 1. The summed E-state index contributed by atoms with van der Waals surface area (Å²) in [5, 5.41) is 17.2. The molecule has 0 unspecified atom stereocenters. The first-order valence-electron chi connectivity index (χ1n) is 12.0. The molecule has 0 bridgehead atoms. The van der Waals surface area contributed by atoms with Gasteiger partial charge in [0.05, 0.1) is 5.69 Å². The average molecular weight is 471 g/mol. The summed E-state index contributed by atoms with van der Waals surface area (Å²) in [4.78, 5) is 16.7. The van der Waals surface area contributed by atoms with Crippen LogP contribution in [0, 0.1) is 5.92 Å². The van der Waals surface area contributed by atoms with E-state index in [0.717, 1.165) is 60.8 Å². The lowest BCUT2D eigenvalue weighted by molar-refractivity contribution is 0.262. The van der Waals surface area contributed by atoms with Gasteiger partial charge in [-0.1, -0.05) is 18.2 Å². The Kier molecular flexibility index (Phi) is 6.76. The number of carbonyl (C=O) groups excluding carboxylic acids is 1. The summed E-state index contributed by atoms with van der Waals surface area (Å²) >= 11 is 0.